The summed E-state index contributed by atoms with van der Waals surface area (Å²) in [5.41, 5.74) is 1.09. The first kappa shape index (κ1) is 24.5. The topological polar surface area (TPSA) is 80.9 Å². The Labute approximate surface area is 196 Å². The molecular weight excluding hydrogens is 495 g/mol. The summed E-state index contributed by atoms with van der Waals surface area (Å²) in [4.78, 5) is 9.01. The van der Waals surface area contributed by atoms with Gasteiger partial charge >= 0.3 is 0 Å². The van der Waals surface area contributed by atoms with Crippen LogP contribution in [0, 0.1) is 0 Å². The zero-order valence-corrected chi connectivity index (χ0v) is 20.0. The average molecular weight is 528 g/mol. The predicted octanol–water partition coefficient (Wildman–Crippen LogP) is 4.28. The minimum absolute atomic E-state index is 0. The van der Waals surface area contributed by atoms with Crippen molar-refractivity contribution in [2.75, 3.05) is 19.7 Å². The van der Waals surface area contributed by atoms with Crippen LogP contribution in [0.3, 0.4) is 0 Å². The Bertz CT molecular complexity index is 734. The largest absolute Gasteiger partial charge is 0.474 e. The zero-order valence-electron chi connectivity index (χ0n) is 17.6. The van der Waals surface area contributed by atoms with Crippen LogP contribution in [0.1, 0.15) is 50.4 Å². The molecular formula is C22H33IN4O3. The molecule has 166 valence electrons. The number of ether oxygens (including phenoxy) is 2. The van der Waals surface area contributed by atoms with Crippen molar-refractivity contribution in [3.63, 3.8) is 0 Å². The van der Waals surface area contributed by atoms with Crippen LogP contribution in [-0.2, 0) is 17.9 Å². The molecule has 0 radical (unpaired) electrons. The normalized spacial score (nSPS) is 14.4. The van der Waals surface area contributed by atoms with Crippen molar-refractivity contribution in [1.29, 1.82) is 0 Å². The van der Waals surface area contributed by atoms with E-state index in [-0.39, 0.29) is 24.0 Å². The number of nitrogens with one attached hydrogen (secondary N) is 2. The molecule has 0 aromatic carbocycles. The molecule has 30 heavy (non-hydrogen) atoms. The van der Waals surface area contributed by atoms with Crippen LogP contribution in [0.15, 0.2) is 46.1 Å². The van der Waals surface area contributed by atoms with Crippen molar-refractivity contribution in [3.05, 3.63) is 48.0 Å². The number of nitrogens with zero attached hydrogens (tertiary/aromatic N) is 2. The van der Waals surface area contributed by atoms with E-state index in [1.54, 1.807) is 12.5 Å². The van der Waals surface area contributed by atoms with Gasteiger partial charge in [-0.05, 0) is 62.8 Å². The highest BCUT2D eigenvalue weighted by Crippen LogP contribution is 2.23. The molecule has 2 heterocycles. The van der Waals surface area contributed by atoms with Crippen LogP contribution >= 0.6 is 24.0 Å². The standard InChI is InChI=1S/C22H32N4O3.HI/c1-2-23-22(25-11-6-13-27-17-20-9-5-14-28-20)26-16-18-10-12-24-21(15-18)29-19-7-3-4-8-19;/h5,9-10,12,14-15,19H,2-4,6-8,11,13,16-17H2,1H3,(H2,23,25,26);1H. The number of hydrogen-bond acceptors (Lipinski definition) is 5. The molecule has 0 amide bonds. The van der Waals surface area contributed by atoms with Gasteiger partial charge in [0.25, 0.3) is 0 Å². The number of pyridine rings is 1. The van der Waals surface area contributed by atoms with E-state index in [1.807, 2.05) is 24.3 Å². The van der Waals surface area contributed by atoms with Gasteiger partial charge in [0.15, 0.2) is 5.96 Å². The second-order valence-electron chi connectivity index (χ2n) is 7.13. The Kier molecular flexibility index (Phi) is 11.6. The summed E-state index contributed by atoms with van der Waals surface area (Å²) < 4.78 is 16.8. The number of hydrogen-bond donors (Lipinski definition) is 2. The van der Waals surface area contributed by atoms with Gasteiger partial charge in [0.1, 0.15) is 18.5 Å². The third kappa shape index (κ3) is 8.91. The number of aliphatic imine (C=N–C) groups is 1. The first-order valence-electron chi connectivity index (χ1n) is 10.6. The van der Waals surface area contributed by atoms with E-state index in [4.69, 9.17) is 13.9 Å². The minimum atomic E-state index is 0. The van der Waals surface area contributed by atoms with Gasteiger partial charge in [-0.3, -0.25) is 0 Å². The second kappa shape index (κ2) is 14.2. The lowest BCUT2D eigenvalue weighted by Gasteiger charge is -2.13. The van der Waals surface area contributed by atoms with E-state index < -0.39 is 0 Å². The summed E-state index contributed by atoms with van der Waals surface area (Å²) in [7, 11) is 0. The fraction of sp³-hybridized carbons (Fsp3) is 0.545. The molecule has 2 N–H and O–H groups in total. The Morgan fingerprint density at radius 3 is 2.90 bits per heavy atom. The SMILES string of the molecule is CCNC(=NCc1ccnc(OC2CCCC2)c1)NCCCOCc1ccco1.I. The minimum Gasteiger partial charge on any atom is -0.474 e. The molecule has 1 aliphatic carbocycles. The molecule has 3 rings (SSSR count). The molecule has 0 saturated heterocycles. The highest BCUT2D eigenvalue weighted by molar-refractivity contribution is 14.0. The van der Waals surface area contributed by atoms with E-state index in [0.717, 1.165) is 49.6 Å². The van der Waals surface area contributed by atoms with Gasteiger partial charge in [-0.15, -0.1) is 24.0 Å². The zero-order chi connectivity index (χ0) is 20.2. The van der Waals surface area contributed by atoms with Gasteiger partial charge in [-0.1, -0.05) is 0 Å². The van der Waals surface area contributed by atoms with Crippen molar-refractivity contribution in [3.8, 4) is 5.88 Å². The monoisotopic (exact) mass is 528 g/mol. The third-order valence-electron chi connectivity index (χ3n) is 4.74. The van der Waals surface area contributed by atoms with Crippen LogP contribution in [0.25, 0.3) is 0 Å². The number of halogens is 1. The van der Waals surface area contributed by atoms with Gasteiger partial charge in [-0.25, -0.2) is 9.98 Å². The van der Waals surface area contributed by atoms with Gasteiger partial charge in [0, 0.05) is 32.0 Å². The highest BCUT2D eigenvalue weighted by Gasteiger charge is 2.16. The second-order valence-corrected chi connectivity index (χ2v) is 7.13. The van der Waals surface area contributed by atoms with Crippen LogP contribution in [0.2, 0.25) is 0 Å². The average Bonchev–Trinajstić information content (AvgIpc) is 3.43. The Morgan fingerprint density at radius 2 is 2.13 bits per heavy atom. The molecule has 8 heteroatoms. The molecule has 0 spiro atoms. The lowest BCUT2D eigenvalue weighted by atomic mass is 10.2. The maximum absolute atomic E-state index is 5.99. The molecule has 0 atom stereocenters. The quantitative estimate of drug-likeness (QED) is 0.196. The number of rotatable bonds is 11. The maximum Gasteiger partial charge on any atom is 0.213 e. The van der Waals surface area contributed by atoms with Crippen LogP contribution in [0.5, 0.6) is 5.88 Å². The predicted molar refractivity (Wildman–Crippen MR) is 128 cm³/mol. The van der Waals surface area contributed by atoms with Gasteiger partial charge < -0.3 is 24.5 Å². The molecule has 1 fully saturated rings. The number of guanidine groups is 1. The van der Waals surface area contributed by atoms with Crippen molar-refractivity contribution in [2.45, 2.75) is 58.3 Å². The lowest BCUT2D eigenvalue weighted by molar-refractivity contribution is 0.105. The summed E-state index contributed by atoms with van der Waals surface area (Å²) in [6.45, 7) is 5.41. The van der Waals surface area contributed by atoms with E-state index in [1.165, 1.54) is 12.8 Å². The van der Waals surface area contributed by atoms with Gasteiger partial charge in [0.2, 0.25) is 5.88 Å². The van der Waals surface area contributed by atoms with Gasteiger partial charge in [-0.2, -0.15) is 0 Å². The first-order valence-corrected chi connectivity index (χ1v) is 10.6. The smallest absolute Gasteiger partial charge is 0.213 e. The number of aromatic nitrogens is 1. The van der Waals surface area contributed by atoms with Crippen molar-refractivity contribution < 1.29 is 13.9 Å². The molecule has 1 aliphatic rings. The van der Waals surface area contributed by atoms with E-state index in [0.29, 0.717) is 31.7 Å². The summed E-state index contributed by atoms with van der Waals surface area (Å²) in [5.74, 6) is 2.35. The molecule has 7 nitrogen and oxygen atoms in total. The van der Waals surface area contributed by atoms with E-state index in [2.05, 4.69) is 27.5 Å². The fourth-order valence-corrected chi connectivity index (χ4v) is 3.25. The van der Waals surface area contributed by atoms with Crippen LogP contribution in [0.4, 0.5) is 0 Å². The lowest BCUT2D eigenvalue weighted by Crippen LogP contribution is -2.38. The molecule has 0 bridgehead atoms. The Balaban J connectivity index is 0.00000320. The van der Waals surface area contributed by atoms with E-state index >= 15 is 0 Å². The summed E-state index contributed by atoms with van der Waals surface area (Å²) in [6, 6.07) is 7.76. The maximum atomic E-state index is 5.99. The highest BCUT2D eigenvalue weighted by atomic mass is 127. The van der Waals surface area contributed by atoms with Crippen LogP contribution in [-0.4, -0.2) is 36.7 Å². The fourth-order valence-electron chi connectivity index (χ4n) is 3.25. The molecule has 0 unspecified atom stereocenters. The van der Waals surface area contributed by atoms with Gasteiger partial charge in [0.05, 0.1) is 12.8 Å². The van der Waals surface area contributed by atoms with Crippen LogP contribution < -0.4 is 15.4 Å². The van der Waals surface area contributed by atoms with Crippen molar-refractivity contribution in [1.82, 2.24) is 15.6 Å². The molecule has 0 aliphatic heterocycles. The summed E-state index contributed by atoms with van der Waals surface area (Å²) in [6.07, 6.45) is 9.42. The van der Waals surface area contributed by atoms with E-state index in [9.17, 15) is 0 Å². The summed E-state index contributed by atoms with van der Waals surface area (Å²) in [5, 5.41) is 6.62. The van der Waals surface area contributed by atoms with Crippen molar-refractivity contribution >= 4 is 29.9 Å². The third-order valence-corrected chi connectivity index (χ3v) is 4.74. The van der Waals surface area contributed by atoms with Crippen molar-refractivity contribution in [2.24, 2.45) is 4.99 Å². The molecule has 1 saturated carbocycles. The molecule has 2 aromatic heterocycles. The number of furan rings is 1. The summed E-state index contributed by atoms with van der Waals surface area (Å²) >= 11 is 0. The first-order chi connectivity index (χ1) is 14.3. The Hall–Kier alpha value is -1.81. The Morgan fingerprint density at radius 1 is 1.27 bits per heavy atom. The molecule has 2 aromatic rings.